The quantitative estimate of drug-likeness (QED) is 0.328. The predicted octanol–water partition coefficient (Wildman–Crippen LogP) is 3.81. The lowest BCUT2D eigenvalue weighted by atomic mass is 10.1. The fourth-order valence-electron chi connectivity index (χ4n) is 2.80. The minimum absolute atomic E-state index is 0.150. The van der Waals surface area contributed by atoms with Crippen molar-refractivity contribution >= 4 is 37.8 Å². The molecular weight excluding hydrogens is 454 g/mol. The molecule has 0 aliphatic heterocycles. The fraction of sp³-hybridized carbons (Fsp3) is 0.0500. The first-order chi connectivity index (χ1) is 14.0. The lowest BCUT2D eigenvalue weighted by Gasteiger charge is -2.14. The number of sulfonamides is 1. The Kier molecular flexibility index (Phi) is 5.16. The van der Waals surface area contributed by atoms with Crippen molar-refractivity contribution in [1.82, 2.24) is 18.8 Å². The summed E-state index contributed by atoms with van der Waals surface area (Å²) in [5.41, 5.74) is 3.32. The lowest BCUT2D eigenvalue weighted by Crippen LogP contribution is -2.22. The van der Waals surface area contributed by atoms with Crippen molar-refractivity contribution in [2.75, 3.05) is 7.05 Å². The molecular formula is C20H16BrN5O2S. The van der Waals surface area contributed by atoms with E-state index in [1.165, 1.54) is 19.3 Å². The molecule has 3 heterocycles. The second-order valence-corrected chi connectivity index (χ2v) is 8.96. The smallest absolute Gasteiger partial charge is 0.279 e. The van der Waals surface area contributed by atoms with Gasteiger partial charge in [0.15, 0.2) is 0 Å². The van der Waals surface area contributed by atoms with Gasteiger partial charge in [-0.15, -0.1) is 0 Å². The molecule has 7 nitrogen and oxygen atoms in total. The Labute approximate surface area is 176 Å². The van der Waals surface area contributed by atoms with Crippen LogP contribution >= 0.6 is 15.9 Å². The minimum atomic E-state index is -3.78. The molecule has 0 aliphatic carbocycles. The van der Waals surface area contributed by atoms with Crippen molar-refractivity contribution in [1.29, 1.82) is 0 Å². The highest BCUT2D eigenvalue weighted by Crippen LogP contribution is 2.24. The summed E-state index contributed by atoms with van der Waals surface area (Å²) < 4.78 is 28.8. The van der Waals surface area contributed by atoms with E-state index >= 15 is 0 Å². The number of rotatable bonds is 5. The van der Waals surface area contributed by atoms with Gasteiger partial charge in [-0.2, -0.15) is 17.9 Å². The Balaban J connectivity index is 1.67. The average molecular weight is 470 g/mol. The monoisotopic (exact) mass is 469 g/mol. The number of imidazole rings is 1. The molecule has 0 radical (unpaired) electrons. The lowest BCUT2D eigenvalue weighted by molar-refractivity contribution is 0.490. The molecule has 0 amide bonds. The van der Waals surface area contributed by atoms with Crippen molar-refractivity contribution in [2.45, 2.75) is 4.90 Å². The first kappa shape index (κ1) is 19.3. The zero-order valence-electron chi connectivity index (χ0n) is 15.3. The Morgan fingerprint density at radius 2 is 1.90 bits per heavy atom. The van der Waals surface area contributed by atoms with Gasteiger partial charge in [0, 0.05) is 41.2 Å². The molecule has 0 unspecified atom stereocenters. The molecule has 4 rings (SSSR count). The van der Waals surface area contributed by atoms with Crippen LogP contribution in [0.2, 0.25) is 0 Å². The molecule has 0 bridgehead atoms. The van der Waals surface area contributed by atoms with Crippen LogP contribution in [0.15, 0.2) is 87.8 Å². The molecule has 9 heteroatoms. The van der Waals surface area contributed by atoms with E-state index < -0.39 is 10.0 Å². The van der Waals surface area contributed by atoms with Gasteiger partial charge in [0.2, 0.25) is 0 Å². The summed E-state index contributed by atoms with van der Waals surface area (Å²) in [6, 6.07) is 14.3. The largest absolute Gasteiger partial charge is 0.298 e. The molecule has 29 heavy (non-hydrogen) atoms. The Morgan fingerprint density at radius 3 is 2.66 bits per heavy atom. The van der Waals surface area contributed by atoms with E-state index in [-0.39, 0.29) is 4.90 Å². The van der Waals surface area contributed by atoms with Crippen LogP contribution in [0.25, 0.3) is 16.8 Å². The van der Waals surface area contributed by atoms with E-state index in [0.717, 1.165) is 21.2 Å². The summed E-state index contributed by atoms with van der Waals surface area (Å²) in [4.78, 5) is 8.64. The first-order valence-corrected chi connectivity index (χ1v) is 10.8. The van der Waals surface area contributed by atoms with E-state index in [4.69, 9.17) is 0 Å². The topological polar surface area (TPSA) is 79.9 Å². The van der Waals surface area contributed by atoms with Gasteiger partial charge in [-0.25, -0.2) is 4.98 Å². The van der Waals surface area contributed by atoms with Crippen LogP contribution in [-0.4, -0.2) is 40.5 Å². The van der Waals surface area contributed by atoms with Gasteiger partial charge in [-0.1, -0.05) is 18.2 Å². The maximum atomic E-state index is 12.8. The first-order valence-electron chi connectivity index (χ1n) is 8.62. The summed E-state index contributed by atoms with van der Waals surface area (Å²) in [5.74, 6) is 0. The number of hydrogen-bond acceptors (Lipinski definition) is 5. The third-order valence-electron chi connectivity index (χ3n) is 4.34. The molecule has 0 aliphatic rings. The van der Waals surface area contributed by atoms with Gasteiger partial charge in [-0.3, -0.25) is 9.38 Å². The molecule has 0 atom stereocenters. The molecule has 0 saturated carbocycles. The standard InChI is InChI=1S/C20H16BrN5O2S/c1-25(29(27,28)19-7-3-2-6-18(19)21)24-13-17-12-23-20-9-8-16(14-26(17)20)15-5-4-10-22-11-15/h2-14H,1H3. The van der Waals surface area contributed by atoms with Crippen LogP contribution in [0.5, 0.6) is 0 Å². The summed E-state index contributed by atoms with van der Waals surface area (Å²) in [6.45, 7) is 0. The van der Waals surface area contributed by atoms with Crippen molar-refractivity contribution in [3.63, 3.8) is 0 Å². The number of aromatic nitrogens is 3. The number of pyridine rings is 2. The number of benzene rings is 1. The fourth-order valence-corrected chi connectivity index (χ4v) is 4.72. The summed E-state index contributed by atoms with van der Waals surface area (Å²) >= 11 is 3.28. The van der Waals surface area contributed by atoms with E-state index in [9.17, 15) is 8.42 Å². The maximum absolute atomic E-state index is 12.8. The summed E-state index contributed by atoms with van der Waals surface area (Å²) in [5, 5.41) is 4.13. The molecule has 4 aromatic rings. The highest BCUT2D eigenvalue weighted by Gasteiger charge is 2.21. The Hall–Kier alpha value is -3.04. The summed E-state index contributed by atoms with van der Waals surface area (Å²) in [7, 11) is -2.38. The molecule has 0 saturated heterocycles. The van der Waals surface area contributed by atoms with Crippen LogP contribution in [0.4, 0.5) is 0 Å². The van der Waals surface area contributed by atoms with Crippen molar-refractivity contribution < 1.29 is 8.42 Å². The number of nitrogens with zero attached hydrogens (tertiary/aromatic N) is 5. The van der Waals surface area contributed by atoms with E-state index in [1.54, 1.807) is 36.8 Å². The maximum Gasteiger partial charge on any atom is 0.279 e. The van der Waals surface area contributed by atoms with Crippen LogP contribution in [0.1, 0.15) is 5.69 Å². The minimum Gasteiger partial charge on any atom is -0.298 e. The number of hydrazone groups is 1. The van der Waals surface area contributed by atoms with E-state index in [1.807, 2.05) is 34.9 Å². The van der Waals surface area contributed by atoms with Gasteiger partial charge in [-0.05, 0) is 46.3 Å². The zero-order valence-corrected chi connectivity index (χ0v) is 17.7. The Morgan fingerprint density at radius 1 is 1.07 bits per heavy atom. The molecule has 0 spiro atoms. The van der Waals surface area contributed by atoms with Crippen LogP contribution in [0, 0.1) is 0 Å². The van der Waals surface area contributed by atoms with Crippen LogP contribution in [0.3, 0.4) is 0 Å². The number of halogens is 1. The van der Waals surface area contributed by atoms with Crippen molar-refractivity contribution in [3.05, 3.63) is 83.5 Å². The second-order valence-electron chi connectivity index (χ2n) is 6.19. The molecule has 0 N–H and O–H groups in total. The third-order valence-corrected chi connectivity index (χ3v) is 7.00. The summed E-state index contributed by atoms with van der Waals surface area (Å²) in [6.07, 6.45) is 8.54. The molecule has 146 valence electrons. The molecule has 0 fully saturated rings. The van der Waals surface area contributed by atoms with Crippen molar-refractivity contribution in [2.24, 2.45) is 5.10 Å². The van der Waals surface area contributed by atoms with Gasteiger partial charge < -0.3 is 0 Å². The SMILES string of the molecule is CN(N=Cc1cnc2ccc(-c3cccnc3)cn12)S(=O)(=O)c1ccccc1Br. The molecule has 3 aromatic heterocycles. The van der Waals surface area contributed by atoms with E-state index in [2.05, 4.69) is 31.0 Å². The average Bonchev–Trinajstić information content (AvgIpc) is 3.15. The van der Waals surface area contributed by atoms with Crippen LogP contribution in [-0.2, 0) is 10.0 Å². The zero-order chi connectivity index (χ0) is 20.4. The highest BCUT2D eigenvalue weighted by molar-refractivity contribution is 9.10. The van der Waals surface area contributed by atoms with E-state index in [0.29, 0.717) is 10.2 Å². The number of fused-ring (bicyclic) bond motifs is 1. The number of hydrogen-bond donors (Lipinski definition) is 0. The van der Waals surface area contributed by atoms with Gasteiger partial charge in [0.1, 0.15) is 10.5 Å². The van der Waals surface area contributed by atoms with Gasteiger partial charge in [0.25, 0.3) is 10.0 Å². The van der Waals surface area contributed by atoms with Crippen molar-refractivity contribution in [3.8, 4) is 11.1 Å². The Bertz CT molecular complexity index is 1300. The highest BCUT2D eigenvalue weighted by atomic mass is 79.9. The predicted molar refractivity (Wildman–Crippen MR) is 115 cm³/mol. The van der Waals surface area contributed by atoms with Crippen LogP contribution < -0.4 is 0 Å². The molecule has 1 aromatic carbocycles. The van der Waals surface area contributed by atoms with Gasteiger partial charge >= 0.3 is 0 Å². The van der Waals surface area contributed by atoms with Gasteiger partial charge in [0.05, 0.1) is 18.1 Å². The second kappa shape index (κ2) is 7.76. The normalized spacial score (nSPS) is 11.9. The third kappa shape index (κ3) is 3.79.